The number of hydrogen-bond acceptors (Lipinski definition) is 9. The number of methoxy groups -OCH3 is 1. The molecular formula is C32H47N7O4. The number of aromatic nitrogens is 2. The van der Waals surface area contributed by atoms with Crippen molar-refractivity contribution in [2.45, 2.75) is 103 Å². The van der Waals surface area contributed by atoms with Gasteiger partial charge >= 0.3 is 0 Å². The van der Waals surface area contributed by atoms with Gasteiger partial charge in [0.25, 0.3) is 5.91 Å². The Bertz CT molecular complexity index is 1300. The average Bonchev–Trinajstić information content (AvgIpc) is 2.98. The number of anilines is 4. The number of carbonyl (C=O) groups excluding carboxylic acids is 2. The van der Waals surface area contributed by atoms with Crippen molar-refractivity contribution in [1.82, 2.24) is 20.2 Å². The van der Waals surface area contributed by atoms with Crippen molar-refractivity contribution in [2.75, 3.05) is 42.4 Å². The molecule has 0 bridgehead atoms. The van der Waals surface area contributed by atoms with E-state index in [4.69, 9.17) is 14.5 Å². The van der Waals surface area contributed by atoms with Gasteiger partial charge in [-0.05, 0) is 78.0 Å². The molecule has 0 radical (unpaired) electrons. The molecule has 1 saturated heterocycles. The second kappa shape index (κ2) is 13.1. The van der Waals surface area contributed by atoms with E-state index >= 15 is 0 Å². The summed E-state index contributed by atoms with van der Waals surface area (Å²) >= 11 is 0. The Labute approximate surface area is 255 Å². The summed E-state index contributed by atoms with van der Waals surface area (Å²) in [6.45, 7) is 12.4. The van der Waals surface area contributed by atoms with Crippen molar-refractivity contribution < 1.29 is 19.1 Å². The molecule has 2 fully saturated rings. The first kappa shape index (κ1) is 31.0. The van der Waals surface area contributed by atoms with Gasteiger partial charge in [0, 0.05) is 43.8 Å². The molecule has 2 aliphatic heterocycles. The minimum atomic E-state index is -0.283. The molecule has 1 aliphatic carbocycles. The molecule has 3 atom stereocenters. The molecular weight excluding hydrogens is 546 g/mol. The lowest BCUT2D eigenvalue weighted by Crippen LogP contribution is -2.54. The standard InChI is InChI=1S/C32H47N7O4/c1-8-26-31(41)37(6)27-16-33-32(36-29(27)39(26)19(2)3)35-25-14-9-22(15-28(25)42-7)30(40)34-23-10-12-24(13-11-23)38-17-20(4)43-21(5)18-38/h9,14-16,19-21,23-24,26H,8,10-13,17-18H2,1-7H3,(H,34,40)(H,33,35,36)/t20-,21+,23-,24-,26-/m1/s1. The van der Waals surface area contributed by atoms with Crippen LogP contribution in [0.3, 0.4) is 0 Å². The number of hydrogen-bond donors (Lipinski definition) is 2. The van der Waals surface area contributed by atoms with Crippen molar-refractivity contribution >= 4 is 35.0 Å². The van der Waals surface area contributed by atoms with Gasteiger partial charge in [0.15, 0.2) is 5.82 Å². The summed E-state index contributed by atoms with van der Waals surface area (Å²) in [5.74, 6) is 1.56. The molecule has 0 spiro atoms. The summed E-state index contributed by atoms with van der Waals surface area (Å²) in [6, 6.07) is 5.87. The van der Waals surface area contributed by atoms with Crippen LogP contribution in [0, 0.1) is 0 Å². The Morgan fingerprint density at radius 1 is 1.14 bits per heavy atom. The fourth-order valence-corrected chi connectivity index (χ4v) is 6.86. The quantitative estimate of drug-likeness (QED) is 0.461. The third-order valence-corrected chi connectivity index (χ3v) is 8.96. The number of ether oxygens (including phenoxy) is 2. The lowest BCUT2D eigenvalue weighted by atomic mass is 9.89. The summed E-state index contributed by atoms with van der Waals surface area (Å²) in [5, 5.41) is 6.50. The van der Waals surface area contributed by atoms with Crippen molar-refractivity contribution in [3.8, 4) is 5.75 Å². The van der Waals surface area contributed by atoms with Gasteiger partial charge in [-0.3, -0.25) is 14.5 Å². The molecule has 11 heteroatoms. The molecule has 0 unspecified atom stereocenters. The van der Waals surface area contributed by atoms with E-state index in [1.165, 1.54) is 0 Å². The van der Waals surface area contributed by atoms with Gasteiger partial charge in [-0.1, -0.05) is 6.92 Å². The van der Waals surface area contributed by atoms with E-state index < -0.39 is 0 Å². The predicted molar refractivity (Wildman–Crippen MR) is 169 cm³/mol. The van der Waals surface area contributed by atoms with Crippen LogP contribution < -0.4 is 25.2 Å². The second-order valence-corrected chi connectivity index (χ2v) is 12.5. The van der Waals surface area contributed by atoms with E-state index in [0.717, 1.165) is 38.8 Å². The fourth-order valence-electron chi connectivity index (χ4n) is 6.86. The molecule has 11 nitrogen and oxygen atoms in total. The van der Waals surface area contributed by atoms with Gasteiger partial charge in [0.2, 0.25) is 11.9 Å². The lowest BCUT2D eigenvalue weighted by molar-refractivity contribution is -0.120. The first-order chi connectivity index (χ1) is 20.6. The molecule has 2 amide bonds. The molecule has 1 saturated carbocycles. The van der Waals surface area contributed by atoms with Crippen molar-refractivity contribution in [1.29, 1.82) is 0 Å². The van der Waals surface area contributed by atoms with Gasteiger partial charge in [0.05, 0.1) is 31.2 Å². The zero-order chi connectivity index (χ0) is 30.8. The Hall–Kier alpha value is -3.44. The highest BCUT2D eigenvalue weighted by Crippen LogP contribution is 2.37. The third-order valence-electron chi connectivity index (χ3n) is 8.96. The van der Waals surface area contributed by atoms with Crippen LogP contribution in [0.25, 0.3) is 0 Å². The van der Waals surface area contributed by atoms with Gasteiger partial charge < -0.3 is 29.9 Å². The molecule has 43 heavy (non-hydrogen) atoms. The third kappa shape index (κ3) is 6.57. The lowest BCUT2D eigenvalue weighted by Gasteiger charge is -2.42. The Balaban J connectivity index is 1.24. The highest BCUT2D eigenvalue weighted by molar-refractivity contribution is 6.04. The maximum atomic E-state index is 13.2. The number of benzene rings is 1. The van der Waals surface area contributed by atoms with Gasteiger partial charge in [0.1, 0.15) is 17.5 Å². The number of morpholine rings is 1. The van der Waals surface area contributed by atoms with Crippen LogP contribution in [0.15, 0.2) is 24.4 Å². The topological polar surface area (TPSA) is 112 Å². The first-order valence-corrected chi connectivity index (χ1v) is 15.7. The van der Waals surface area contributed by atoms with E-state index in [9.17, 15) is 9.59 Å². The Kier molecular flexibility index (Phi) is 9.41. The summed E-state index contributed by atoms with van der Waals surface area (Å²) in [7, 11) is 3.35. The van der Waals surface area contributed by atoms with Gasteiger partial charge in [-0.15, -0.1) is 0 Å². The fraction of sp³-hybridized carbons (Fsp3) is 0.625. The van der Waals surface area contributed by atoms with Crippen LogP contribution in [-0.2, 0) is 9.53 Å². The average molecular weight is 594 g/mol. The van der Waals surface area contributed by atoms with Crippen molar-refractivity contribution in [3.05, 3.63) is 30.0 Å². The molecule has 5 rings (SSSR count). The monoisotopic (exact) mass is 593 g/mol. The van der Waals surface area contributed by atoms with E-state index in [1.807, 2.05) is 13.0 Å². The number of nitrogens with zero attached hydrogens (tertiary/aromatic N) is 5. The molecule has 1 aromatic heterocycles. The highest BCUT2D eigenvalue weighted by Gasteiger charge is 2.38. The van der Waals surface area contributed by atoms with E-state index in [0.29, 0.717) is 46.9 Å². The first-order valence-electron chi connectivity index (χ1n) is 15.7. The molecule has 2 N–H and O–H groups in total. The molecule has 3 heterocycles. The van der Waals surface area contributed by atoms with Crippen LogP contribution >= 0.6 is 0 Å². The zero-order valence-corrected chi connectivity index (χ0v) is 26.6. The predicted octanol–water partition coefficient (Wildman–Crippen LogP) is 4.35. The minimum Gasteiger partial charge on any atom is -0.495 e. The van der Waals surface area contributed by atoms with Crippen LogP contribution in [0.1, 0.15) is 77.1 Å². The Morgan fingerprint density at radius 2 is 1.84 bits per heavy atom. The van der Waals surface area contributed by atoms with Crippen molar-refractivity contribution in [3.63, 3.8) is 0 Å². The van der Waals surface area contributed by atoms with Crippen LogP contribution in [-0.4, -0.2) is 90.3 Å². The summed E-state index contributed by atoms with van der Waals surface area (Å²) in [4.78, 5) is 41.8. The maximum Gasteiger partial charge on any atom is 0.251 e. The number of likely N-dealkylation sites (N-methyl/N-ethyl adjacent to an activating group) is 1. The smallest absolute Gasteiger partial charge is 0.251 e. The summed E-state index contributed by atoms with van der Waals surface area (Å²) < 4.78 is 11.6. The van der Waals surface area contributed by atoms with Gasteiger partial charge in [-0.2, -0.15) is 4.98 Å². The largest absolute Gasteiger partial charge is 0.495 e. The maximum absolute atomic E-state index is 13.2. The van der Waals surface area contributed by atoms with E-state index in [1.54, 1.807) is 37.4 Å². The minimum absolute atomic E-state index is 0.0398. The number of fused-ring (bicyclic) bond motifs is 1. The number of rotatable bonds is 8. The van der Waals surface area contributed by atoms with E-state index in [2.05, 4.69) is 53.1 Å². The van der Waals surface area contributed by atoms with Crippen molar-refractivity contribution in [2.24, 2.45) is 0 Å². The van der Waals surface area contributed by atoms with E-state index in [-0.39, 0.29) is 42.1 Å². The number of amides is 2. The zero-order valence-electron chi connectivity index (χ0n) is 26.6. The molecule has 2 aromatic rings. The molecule has 234 valence electrons. The van der Waals surface area contributed by atoms with Crippen LogP contribution in [0.2, 0.25) is 0 Å². The normalized spacial score (nSPS) is 26.3. The second-order valence-electron chi connectivity index (χ2n) is 12.5. The highest BCUT2D eigenvalue weighted by atomic mass is 16.5. The van der Waals surface area contributed by atoms with Gasteiger partial charge in [-0.25, -0.2) is 4.98 Å². The number of carbonyl (C=O) groups is 2. The summed E-state index contributed by atoms with van der Waals surface area (Å²) in [6.07, 6.45) is 6.98. The molecule has 1 aromatic carbocycles. The number of nitrogens with one attached hydrogen (secondary N) is 2. The summed E-state index contributed by atoms with van der Waals surface area (Å²) in [5.41, 5.74) is 1.87. The van der Waals surface area contributed by atoms with Crippen LogP contribution in [0.4, 0.5) is 23.1 Å². The molecule has 3 aliphatic rings. The Morgan fingerprint density at radius 3 is 2.47 bits per heavy atom. The van der Waals surface area contributed by atoms with Crippen LogP contribution in [0.5, 0.6) is 5.75 Å². The SMILES string of the molecule is CC[C@@H]1C(=O)N(C)c2cnc(Nc3ccc(C(=O)N[C@H]4CC[C@H](N5C[C@@H](C)O[C@@H](C)C5)CC4)cc3OC)nc2N1C(C)C.